The molecule has 0 saturated heterocycles. The molecule has 2 N–H and O–H groups in total. The van der Waals surface area contributed by atoms with Crippen LogP contribution in [0, 0.1) is 0 Å². The van der Waals surface area contributed by atoms with Crippen LogP contribution >= 0.6 is 23.1 Å². The zero-order valence-corrected chi connectivity index (χ0v) is 22.2. The number of amides is 3. The number of thiophene rings is 1. The number of thioether (sulfide) groups is 1. The number of methoxy groups -OCH3 is 1. The number of nitrogens with zero attached hydrogens (tertiary/aromatic N) is 3. The van der Waals surface area contributed by atoms with Crippen LogP contribution in [0.25, 0.3) is 0 Å². The van der Waals surface area contributed by atoms with E-state index in [1.165, 1.54) is 4.90 Å². The zero-order chi connectivity index (χ0) is 26.5. The third-order valence-corrected chi connectivity index (χ3v) is 7.73. The third-order valence-electron chi connectivity index (χ3n) is 5.92. The van der Waals surface area contributed by atoms with Gasteiger partial charge in [0.05, 0.1) is 25.1 Å². The van der Waals surface area contributed by atoms with Crippen molar-refractivity contribution < 1.29 is 19.1 Å². The smallest absolute Gasteiger partial charge is 0.259 e. The van der Waals surface area contributed by atoms with Gasteiger partial charge in [-0.05, 0) is 42.1 Å². The Hall–Kier alpha value is -3.96. The Morgan fingerprint density at radius 3 is 2.79 bits per heavy atom. The molecule has 1 unspecified atom stereocenters. The first-order valence-electron chi connectivity index (χ1n) is 12.0. The number of aliphatic imine (C=N–C) groups is 2. The summed E-state index contributed by atoms with van der Waals surface area (Å²) in [5.74, 6) is 0.562. The number of benzene rings is 2. The van der Waals surface area contributed by atoms with E-state index in [9.17, 15) is 14.4 Å². The summed E-state index contributed by atoms with van der Waals surface area (Å²) in [4.78, 5) is 50.3. The molecule has 0 radical (unpaired) electrons. The molecular formula is C27H25N5O4S2. The van der Waals surface area contributed by atoms with E-state index in [4.69, 9.17) is 4.74 Å². The van der Waals surface area contributed by atoms with E-state index < -0.39 is 6.04 Å². The van der Waals surface area contributed by atoms with Crippen LogP contribution < -0.4 is 15.4 Å². The second kappa shape index (κ2) is 11.6. The van der Waals surface area contributed by atoms with E-state index in [2.05, 4.69) is 20.6 Å². The Bertz CT molecular complexity index is 1420. The van der Waals surface area contributed by atoms with Gasteiger partial charge in [0.1, 0.15) is 17.6 Å². The van der Waals surface area contributed by atoms with Crippen LogP contribution in [0.3, 0.4) is 0 Å². The summed E-state index contributed by atoms with van der Waals surface area (Å²) in [6.07, 6.45) is 0.460. The highest BCUT2D eigenvalue weighted by Crippen LogP contribution is 2.34. The number of anilines is 1. The highest BCUT2D eigenvalue weighted by Gasteiger charge is 2.41. The van der Waals surface area contributed by atoms with E-state index in [1.807, 2.05) is 41.8 Å². The first-order valence-corrected chi connectivity index (χ1v) is 13.8. The minimum atomic E-state index is -0.694. The van der Waals surface area contributed by atoms with Gasteiger partial charge in [-0.1, -0.05) is 36.0 Å². The molecule has 0 spiro atoms. The number of amidine groups is 2. The van der Waals surface area contributed by atoms with Crippen molar-refractivity contribution in [1.82, 2.24) is 10.2 Å². The van der Waals surface area contributed by atoms with Gasteiger partial charge >= 0.3 is 0 Å². The van der Waals surface area contributed by atoms with Crippen LogP contribution in [0.1, 0.15) is 23.3 Å². The lowest BCUT2D eigenvalue weighted by Crippen LogP contribution is -2.41. The van der Waals surface area contributed by atoms with Gasteiger partial charge in [-0.15, -0.1) is 11.3 Å². The van der Waals surface area contributed by atoms with Crippen molar-refractivity contribution in [3.8, 4) is 5.75 Å². The Balaban J connectivity index is 1.25. The number of hydrogen-bond donors (Lipinski definition) is 2. The number of ether oxygens (including phenoxy) is 1. The molecule has 1 aromatic heterocycles. The molecule has 3 heterocycles. The first kappa shape index (κ1) is 25.7. The van der Waals surface area contributed by atoms with Crippen LogP contribution in [0.15, 0.2) is 76.0 Å². The van der Waals surface area contributed by atoms with Crippen molar-refractivity contribution in [2.45, 2.75) is 25.4 Å². The van der Waals surface area contributed by atoms with Gasteiger partial charge in [-0.25, -0.2) is 9.89 Å². The minimum Gasteiger partial charge on any atom is -0.497 e. The second-order valence-corrected chi connectivity index (χ2v) is 10.5. The fraction of sp³-hybridized carbons (Fsp3) is 0.222. The number of fused-ring (bicyclic) bond motifs is 3. The summed E-state index contributed by atoms with van der Waals surface area (Å²) in [6, 6.07) is 17.7. The topological polar surface area (TPSA) is 112 Å². The maximum atomic E-state index is 13.4. The molecule has 3 amide bonds. The highest BCUT2D eigenvalue weighted by molar-refractivity contribution is 8.14. The average Bonchev–Trinajstić information content (AvgIpc) is 3.57. The number of para-hydroxylation sites is 1. The van der Waals surface area contributed by atoms with Crippen LogP contribution in [0.2, 0.25) is 0 Å². The highest BCUT2D eigenvalue weighted by atomic mass is 32.2. The third kappa shape index (κ3) is 5.79. The molecule has 2 aliphatic heterocycles. The molecule has 9 nitrogen and oxygen atoms in total. The Morgan fingerprint density at radius 1 is 1.11 bits per heavy atom. The van der Waals surface area contributed by atoms with Crippen LogP contribution in [-0.2, 0) is 20.9 Å². The Morgan fingerprint density at radius 2 is 1.97 bits per heavy atom. The van der Waals surface area contributed by atoms with Crippen molar-refractivity contribution in [3.05, 3.63) is 76.5 Å². The standard InChI is InChI=1S/C27H25N5O4S2/c1-36-18-7-4-6-17(14-18)29-24(34)16-38-27-31-21-10-3-2-9-20(21)25-30-22(26(35)32(25)27)11-12-23(33)28-15-19-8-5-13-37-19/h2-10,13-14,22H,11-12,15-16H2,1H3,(H,28,33)(H,29,34). The predicted molar refractivity (Wildman–Crippen MR) is 150 cm³/mol. The van der Waals surface area contributed by atoms with Gasteiger partial charge in [0.2, 0.25) is 11.8 Å². The van der Waals surface area contributed by atoms with Crippen LogP contribution in [-0.4, -0.2) is 52.5 Å². The molecule has 11 heteroatoms. The number of hydrogen-bond acceptors (Lipinski definition) is 8. The SMILES string of the molecule is COc1cccc(NC(=O)CSC2=Nc3ccccc3C3=NC(CCC(=O)NCc4cccs4)C(=O)N23)c1. The van der Waals surface area contributed by atoms with Gasteiger partial charge in [-0.3, -0.25) is 19.4 Å². The van der Waals surface area contributed by atoms with Crippen molar-refractivity contribution in [1.29, 1.82) is 0 Å². The lowest BCUT2D eigenvalue weighted by Gasteiger charge is -2.25. The molecule has 3 aromatic rings. The quantitative estimate of drug-likeness (QED) is 0.417. The summed E-state index contributed by atoms with van der Waals surface area (Å²) < 4.78 is 5.20. The largest absolute Gasteiger partial charge is 0.497 e. The monoisotopic (exact) mass is 547 g/mol. The minimum absolute atomic E-state index is 0.0467. The van der Waals surface area contributed by atoms with E-state index >= 15 is 0 Å². The molecule has 2 aromatic carbocycles. The maximum absolute atomic E-state index is 13.4. The lowest BCUT2D eigenvalue weighted by atomic mass is 10.1. The van der Waals surface area contributed by atoms with E-state index in [0.717, 1.165) is 22.2 Å². The van der Waals surface area contributed by atoms with Gasteiger partial charge < -0.3 is 15.4 Å². The molecule has 0 saturated carbocycles. The normalized spacial score (nSPS) is 15.8. The first-order chi connectivity index (χ1) is 18.5. The van der Waals surface area contributed by atoms with Crippen molar-refractivity contribution in [2.75, 3.05) is 18.2 Å². The van der Waals surface area contributed by atoms with Crippen molar-refractivity contribution in [3.63, 3.8) is 0 Å². The van der Waals surface area contributed by atoms with Gasteiger partial charge in [0.15, 0.2) is 5.17 Å². The second-order valence-electron chi connectivity index (χ2n) is 8.52. The molecule has 0 fully saturated rings. The molecule has 194 valence electrons. The average molecular weight is 548 g/mol. The van der Waals surface area contributed by atoms with Crippen LogP contribution in [0.5, 0.6) is 5.75 Å². The number of nitrogens with one attached hydrogen (secondary N) is 2. The summed E-state index contributed by atoms with van der Waals surface area (Å²) in [7, 11) is 1.56. The molecule has 0 aliphatic carbocycles. The molecular weight excluding hydrogens is 522 g/mol. The summed E-state index contributed by atoms with van der Waals surface area (Å²) in [5, 5.41) is 8.07. The number of carbonyl (C=O) groups is 3. The Kier molecular flexibility index (Phi) is 7.85. The van der Waals surface area contributed by atoms with Crippen molar-refractivity contribution >= 4 is 63.2 Å². The Labute approximate surface area is 228 Å². The van der Waals surface area contributed by atoms with Gasteiger partial charge in [-0.2, -0.15) is 0 Å². The number of carbonyl (C=O) groups excluding carboxylic acids is 3. The van der Waals surface area contributed by atoms with E-state index in [-0.39, 0.29) is 36.3 Å². The van der Waals surface area contributed by atoms with Gasteiger partial charge in [0, 0.05) is 28.6 Å². The predicted octanol–water partition coefficient (Wildman–Crippen LogP) is 4.18. The lowest BCUT2D eigenvalue weighted by molar-refractivity contribution is -0.125. The van der Waals surface area contributed by atoms with E-state index in [1.54, 1.807) is 42.7 Å². The summed E-state index contributed by atoms with van der Waals surface area (Å²) in [5.41, 5.74) is 2.04. The summed E-state index contributed by atoms with van der Waals surface area (Å²) in [6.45, 7) is 0.467. The van der Waals surface area contributed by atoms with Crippen LogP contribution in [0.4, 0.5) is 11.4 Å². The molecule has 1 atom stereocenters. The molecule has 38 heavy (non-hydrogen) atoms. The summed E-state index contributed by atoms with van der Waals surface area (Å²) >= 11 is 2.74. The molecule has 2 aliphatic rings. The van der Waals surface area contributed by atoms with Gasteiger partial charge in [0.25, 0.3) is 5.91 Å². The number of rotatable bonds is 9. The zero-order valence-electron chi connectivity index (χ0n) is 20.5. The molecule has 5 rings (SSSR count). The maximum Gasteiger partial charge on any atom is 0.259 e. The van der Waals surface area contributed by atoms with E-state index in [0.29, 0.717) is 34.7 Å². The van der Waals surface area contributed by atoms with Crippen molar-refractivity contribution in [2.24, 2.45) is 9.98 Å². The molecule has 0 bridgehead atoms. The fourth-order valence-corrected chi connectivity index (χ4v) is 5.52. The fourth-order valence-electron chi connectivity index (χ4n) is 4.07.